The first-order chi connectivity index (χ1) is 11.9. The maximum Gasteiger partial charge on any atom is 0.191 e. The van der Waals surface area contributed by atoms with E-state index < -0.39 is 9.84 Å². The lowest BCUT2D eigenvalue weighted by molar-refractivity contribution is -0.160. The summed E-state index contributed by atoms with van der Waals surface area (Å²) >= 11 is 0. The van der Waals surface area contributed by atoms with Crippen LogP contribution < -0.4 is 10.6 Å². The van der Waals surface area contributed by atoms with Crippen LogP contribution >= 0.6 is 24.0 Å². The second-order valence-corrected chi connectivity index (χ2v) is 10.0. The van der Waals surface area contributed by atoms with Gasteiger partial charge >= 0.3 is 0 Å². The highest BCUT2D eigenvalue weighted by Gasteiger charge is 2.43. The molecule has 3 aliphatic rings. The standard InChI is InChI=1S/C17H31N3O4S.HI/c1-13(2)20-16(18-9-14-5-8-25(21,22)12-14)19-10-15-11-23-17(24-15)6-3-4-7-17;/h13-15H,3-12H2,1-2H3,(H2,18,19,20);1H. The Morgan fingerprint density at radius 3 is 2.65 bits per heavy atom. The molecule has 1 spiro atoms. The SMILES string of the molecule is CC(C)NC(=NCC1CCS(=O)(=O)C1)NCC1COC2(CCCC2)O1.I. The van der Waals surface area contributed by atoms with Crippen LogP contribution in [0.1, 0.15) is 46.0 Å². The van der Waals surface area contributed by atoms with Gasteiger partial charge in [-0.2, -0.15) is 0 Å². The van der Waals surface area contributed by atoms with Gasteiger partial charge in [-0.25, -0.2) is 8.42 Å². The van der Waals surface area contributed by atoms with E-state index in [1.54, 1.807) is 0 Å². The molecule has 0 aromatic rings. The molecule has 2 aliphatic heterocycles. The number of sulfone groups is 1. The van der Waals surface area contributed by atoms with Crippen LogP contribution in [-0.2, 0) is 19.3 Å². The number of ether oxygens (including phenoxy) is 2. The minimum absolute atomic E-state index is 0. The maximum absolute atomic E-state index is 11.6. The predicted molar refractivity (Wildman–Crippen MR) is 113 cm³/mol. The minimum atomic E-state index is -2.85. The summed E-state index contributed by atoms with van der Waals surface area (Å²) in [5.41, 5.74) is 0. The summed E-state index contributed by atoms with van der Waals surface area (Å²) in [4.78, 5) is 4.60. The zero-order chi connectivity index (χ0) is 17.9. The molecule has 2 saturated heterocycles. The third-order valence-corrected chi connectivity index (χ3v) is 6.87. The zero-order valence-electron chi connectivity index (χ0n) is 15.7. The lowest BCUT2D eigenvalue weighted by Gasteiger charge is -2.22. The van der Waals surface area contributed by atoms with Gasteiger partial charge in [0.15, 0.2) is 21.6 Å². The molecule has 7 nitrogen and oxygen atoms in total. The molecule has 0 aromatic carbocycles. The zero-order valence-corrected chi connectivity index (χ0v) is 18.8. The third kappa shape index (κ3) is 6.20. The van der Waals surface area contributed by atoms with E-state index in [0.29, 0.717) is 31.9 Å². The summed E-state index contributed by atoms with van der Waals surface area (Å²) in [5.74, 6) is 1.06. The first kappa shape index (κ1) is 22.2. The van der Waals surface area contributed by atoms with Gasteiger partial charge < -0.3 is 20.1 Å². The fourth-order valence-electron chi connectivity index (χ4n) is 3.77. The van der Waals surface area contributed by atoms with E-state index in [9.17, 15) is 8.42 Å². The monoisotopic (exact) mass is 501 g/mol. The number of rotatable bonds is 5. The predicted octanol–water partition coefficient (Wildman–Crippen LogP) is 1.67. The van der Waals surface area contributed by atoms with Crippen LogP contribution in [0.5, 0.6) is 0 Å². The highest BCUT2D eigenvalue weighted by Crippen LogP contribution is 2.38. The van der Waals surface area contributed by atoms with Crippen molar-refractivity contribution in [2.75, 3.05) is 31.2 Å². The second kappa shape index (κ2) is 9.38. The van der Waals surface area contributed by atoms with E-state index in [0.717, 1.165) is 18.8 Å². The average Bonchev–Trinajstić information content (AvgIpc) is 3.24. The first-order valence-corrected chi connectivity index (χ1v) is 11.2. The smallest absolute Gasteiger partial charge is 0.191 e. The van der Waals surface area contributed by atoms with Gasteiger partial charge in [0, 0.05) is 32.0 Å². The van der Waals surface area contributed by atoms with E-state index in [1.807, 2.05) is 0 Å². The number of halogens is 1. The molecule has 0 bridgehead atoms. The lowest BCUT2D eigenvalue weighted by Crippen LogP contribution is -2.45. The van der Waals surface area contributed by atoms with Crippen LogP contribution in [0.4, 0.5) is 0 Å². The Bertz CT molecular complexity index is 591. The Morgan fingerprint density at radius 2 is 2.04 bits per heavy atom. The van der Waals surface area contributed by atoms with Crippen LogP contribution in [0.25, 0.3) is 0 Å². The Labute approximate surface area is 174 Å². The van der Waals surface area contributed by atoms with E-state index in [1.165, 1.54) is 12.8 Å². The molecule has 9 heteroatoms. The summed E-state index contributed by atoms with van der Waals surface area (Å²) in [6, 6.07) is 0.250. The quantitative estimate of drug-likeness (QED) is 0.339. The molecular formula is C17H32IN3O4S. The molecule has 2 unspecified atom stereocenters. The van der Waals surface area contributed by atoms with Crippen LogP contribution in [-0.4, -0.2) is 63.5 Å². The van der Waals surface area contributed by atoms with Crippen molar-refractivity contribution in [1.82, 2.24) is 10.6 Å². The van der Waals surface area contributed by atoms with Crippen molar-refractivity contribution in [3.05, 3.63) is 0 Å². The van der Waals surface area contributed by atoms with E-state index in [-0.39, 0.29) is 53.6 Å². The molecule has 2 heterocycles. The van der Waals surface area contributed by atoms with Gasteiger partial charge in [-0.3, -0.25) is 4.99 Å². The van der Waals surface area contributed by atoms with Crippen LogP contribution in [0, 0.1) is 5.92 Å². The number of hydrogen-bond donors (Lipinski definition) is 2. The van der Waals surface area contributed by atoms with Gasteiger partial charge in [0.25, 0.3) is 0 Å². The molecule has 1 aliphatic carbocycles. The number of aliphatic imine (C=N–C) groups is 1. The number of nitrogens with one attached hydrogen (secondary N) is 2. The Balaban J connectivity index is 0.00000243. The summed E-state index contributed by atoms with van der Waals surface area (Å²) in [6.07, 6.45) is 5.07. The minimum Gasteiger partial charge on any atom is -0.354 e. The van der Waals surface area contributed by atoms with Crippen molar-refractivity contribution in [1.29, 1.82) is 0 Å². The van der Waals surface area contributed by atoms with Crippen LogP contribution in [0.2, 0.25) is 0 Å². The highest BCUT2D eigenvalue weighted by atomic mass is 127. The third-order valence-electron chi connectivity index (χ3n) is 5.04. The fraction of sp³-hybridized carbons (Fsp3) is 0.941. The number of hydrogen-bond acceptors (Lipinski definition) is 5. The van der Waals surface area contributed by atoms with Gasteiger partial charge in [-0.05, 0) is 39.0 Å². The summed E-state index contributed by atoms with van der Waals surface area (Å²) in [7, 11) is -2.85. The summed E-state index contributed by atoms with van der Waals surface area (Å²) < 4.78 is 35.2. The van der Waals surface area contributed by atoms with Crippen LogP contribution in [0.3, 0.4) is 0 Å². The molecule has 0 radical (unpaired) electrons. The van der Waals surface area contributed by atoms with Crippen molar-refractivity contribution in [3.8, 4) is 0 Å². The van der Waals surface area contributed by atoms with Gasteiger partial charge in [0.2, 0.25) is 0 Å². The van der Waals surface area contributed by atoms with Crippen molar-refractivity contribution in [3.63, 3.8) is 0 Å². The number of nitrogens with zero attached hydrogens (tertiary/aromatic N) is 1. The van der Waals surface area contributed by atoms with E-state index in [2.05, 4.69) is 29.5 Å². The van der Waals surface area contributed by atoms with Gasteiger partial charge in [0.05, 0.1) is 18.1 Å². The van der Waals surface area contributed by atoms with Crippen LogP contribution in [0.15, 0.2) is 4.99 Å². The van der Waals surface area contributed by atoms with Gasteiger partial charge in [0.1, 0.15) is 6.10 Å². The Kier molecular flexibility index (Phi) is 7.99. The van der Waals surface area contributed by atoms with Crippen molar-refractivity contribution >= 4 is 39.8 Å². The van der Waals surface area contributed by atoms with E-state index >= 15 is 0 Å². The van der Waals surface area contributed by atoms with Crippen molar-refractivity contribution in [2.24, 2.45) is 10.9 Å². The van der Waals surface area contributed by atoms with E-state index in [4.69, 9.17) is 9.47 Å². The highest BCUT2D eigenvalue weighted by molar-refractivity contribution is 14.0. The van der Waals surface area contributed by atoms with Gasteiger partial charge in [-0.1, -0.05) is 0 Å². The molecule has 3 fully saturated rings. The van der Waals surface area contributed by atoms with Crippen molar-refractivity contribution in [2.45, 2.75) is 63.9 Å². The van der Waals surface area contributed by atoms with Gasteiger partial charge in [-0.15, -0.1) is 24.0 Å². The fourth-order valence-corrected chi connectivity index (χ4v) is 5.62. The lowest BCUT2D eigenvalue weighted by atomic mass is 10.1. The molecule has 1 saturated carbocycles. The summed E-state index contributed by atoms with van der Waals surface area (Å²) in [5, 5.41) is 6.63. The molecule has 3 rings (SSSR count). The molecule has 0 amide bonds. The number of guanidine groups is 1. The molecule has 26 heavy (non-hydrogen) atoms. The molecule has 2 N–H and O–H groups in total. The first-order valence-electron chi connectivity index (χ1n) is 9.43. The normalized spacial score (nSPS) is 29.9. The maximum atomic E-state index is 11.6. The molecular weight excluding hydrogens is 469 g/mol. The molecule has 2 atom stereocenters. The molecule has 152 valence electrons. The Morgan fingerprint density at radius 1 is 1.31 bits per heavy atom. The van der Waals surface area contributed by atoms with Crippen molar-refractivity contribution < 1.29 is 17.9 Å². The largest absolute Gasteiger partial charge is 0.354 e. The Hall–Kier alpha value is -0.130. The topological polar surface area (TPSA) is 89.0 Å². The molecule has 0 aromatic heterocycles. The summed E-state index contributed by atoms with van der Waals surface area (Å²) in [6.45, 7) is 5.90. The average molecular weight is 501 g/mol. The second-order valence-electron chi connectivity index (χ2n) is 7.81.